The van der Waals surface area contributed by atoms with Gasteiger partial charge in [-0.25, -0.2) is 4.79 Å². The minimum absolute atomic E-state index is 0.0429. The lowest BCUT2D eigenvalue weighted by Gasteiger charge is -2.28. The molecule has 0 unspecified atom stereocenters. The molecule has 0 fully saturated rings. The molecular weight excluding hydrogens is 448 g/mol. The third-order valence-corrected chi connectivity index (χ3v) is 6.26. The van der Waals surface area contributed by atoms with Crippen molar-refractivity contribution in [2.45, 2.75) is 78.9 Å². The topological polar surface area (TPSA) is 120 Å². The van der Waals surface area contributed by atoms with E-state index in [9.17, 15) is 14.7 Å². The van der Waals surface area contributed by atoms with Crippen LogP contribution >= 0.6 is 0 Å². The van der Waals surface area contributed by atoms with Crippen molar-refractivity contribution in [1.29, 1.82) is 0 Å². The molecule has 0 bridgehead atoms. The monoisotopic (exact) mass is 494 g/mol. The maximum absolute atomic E-state index is 12.2. The minimum Gasteiger partial charge on any atom is -0.493 e. The van der Waals surface area contributed by atoms with E-state index in [1.165, 1.54) is 0 Å². The number of unbranched alkanes of at least 4 members (excludes halogenated alkanes) is 1. The Labute approximate surface area is 210 Å². The maximum atomic E-state index is 12.2. The van der Waals surface area contributed by atoms with Crippen LogP contribution in [0.4, 0.5) is 0 Å². The van der Waals surface area contributed by atoms with Crippen LogP contribution in [0, 0.1) is 17.8 Å². The number of nitrogens with one attached hydrogen (secondary N) is 1. The van der Waals surface area contributed by atoms with Crippen molar-refractivity contribution in [2.24, 2.45) is 23.5 Å². The van der Waals surface area contributed by atoms with Crippen molar-refractivity contribution in [2.75, 3.05) is 26.9 Å². The van der Waals surface area contributed by atoms with Crippen LogP contribution in [0.2, 0.25) is 0 Å². The Bertz CT molecular complexity index is 770. The second kappa shape index (κ2) is 16.4. The molecule has 35 heavy (non-hydrogen) atoms. The molecule has 0 aliphatic carbocycles. The number of hydrogen-bond acceptors (Lipinski definition) is 7. The van der Waals surface area contributed by atoms with Gasteiger partial charge >= 0.3 is 5.97 Å². The first-order valence-electron chi connectivity index (χ1n) is 12.8. The summed E-state index contributed by atoms with van der Waals surface area (Å²) in [5, 5.41) is 13.6. The second-order valence-corrected chi connectivity index (χ2v) is 9.54. The summed E-state index contributed by atoms with van der Waals surface area (Å²) in [6.45, 7) is 10.7. The molecular formula is C27H46N2O6. The highest BCUT2D eigenvalue weighted by molar-refractivity contribution is 5.78. The van der Waals surface area contributed by atoms with Gasteiger partial charge in [0.05, 0.1) is 19.8 Å². The highest BCUT2D eigenvalue weighted by atomic mass is 16.6. The Balaban J connectivity index is 2.78. The van der Waals surface area contributed by atoms with Crippen LogP contribution < -0.4 is 20.5 Å². The number of carbonyl (C=O) groups is 2. The van der Waals surface area contributed by atoms with Gasteiger partial charge in [0.15, 0.2) is 18.1 Å². The zero-order chi connectivity index (χ0) is 26.4. The number of aliphatic hydroxyl groups excluding tert-OH is 1. The van der Waals surface area contributed by atoms with Gasteiger partial charge in [-0.2, -0.15) is 0 Å². The molecule has 0 spiro atoms. The minimum atomic E-state index is -0.762. The van der Waals surface area contributed by atoms with Crippen LogP contribution in [0.5, 0.6) is 11.5 Å². The Hall–Kier alpha value is -2.32. The third kappa shape index (κ3) is 11.3. The molecule has 1 rings (SSSR count). The zero-order valence-corrected chi connectivity index (χ0v) is 22.3. The number of hydrogen-bond donors (Lipinski definition) is 3. The van der Waals surface area contributed by atoms with E-state index in [4.69, 9.17) is 19.9 Å². The number of aliphatic hydroxyl groups is 1. The molecule has 200 valence electrons. The average molecular weight is 495 g/mol. The second-order valence-electron chi connectivity index (χ2n) is 9.54. The van der Waals surface area contributed by atoms with Crippen LogP contribution in [0.25, 0.3) is 0 Å². The molecule has 0 saturated carbocycles. The van der Waals surface area contributed by atoms with Gasteiger partial charge in [-0.3, -0.25) is 4.79 Å². The summed E-state index contributed by atoms with van der Waals surface area (Å²) in [7, 11) is 1.55. The molecule has 8 heteroatoms. The van der Waals surface area contributed by atoms with Crippen molar-refractivity contribution in [3.8, 4) is 11.5 Å². The number of carbonyl (C=O) groups excluding carboxylic acids is 2. The molecule has 0 radical (unpaired) electrons. The van der Waals surface area contributed by atoms with Crippen LogP contribution in [-0.2, 0) is 20.7 Å². The summed E-state index contributed by atoms with van der Waals surface area (Å²) in [5.41, 5.74) is 7.41. The van der Waals surface area contributed by atoms with Crippen LogP contribution in [0.3, 0.4) is 0 Å². The predicted molar refractivity (Wildman–Crippen MR) is 137 cm³/mol. The van der Waals surface area contributed by atoms with E-state index in [2.05, 4.69) is 26.1 Å². The number of ether oxygens (including phenoxy) is 3. The molecule has 1 aromatic rings. The molecule has 1 amide bonds. The highest BCUT2D eigenvalue weighted by Gasteiger charge is 2.26. The lowest BCUT2D eigenvalue weighted by molar-refractivity contribution is -0.145. The SMILES string of the molecule is CCCCNC(=O)[C@H](C)C[C@H](O)[C@@H](N)C[C@H](Cc1ccc(OC)c(OCC(=O)OCC)c1)C(C)C. The van der Waals surface area contributed by atoms with E-state index in [-0.39, 0.29) is 24.3 Å². The summed E-state index contributed by atoms with van der Waals surface area (Å²) >= 11 is 0. The standard InChI is InChI=1S/C27H46N2O6/c1-7-9-12-29-27(32)19(5)13-23(30)22(28)16-21(18(3)4)14-20-10-11-24(33-6)25(15-20)35-17-26(31)34-8-2/h10-11,15,18-19,21-23,30H,7-9,12-14,16-17,28H2,1-6H3,(H,29,32)/t19-,21+,22+,23+/m1/s1. The van der Waals surface area contributed by atoms with E-state index in [1.54, 1.807) is 14.0 Å². The van der Waals surface area contributed by atoms with Gasteiger partial charge in [0.25, 0.3) is 0 Å². The number of esters is 1. The molecule has 0 heterocycles. The number of nitrogens with two attached hydrogens (primary N) is 1. The van der Waals surface area contributed by atoms with Gasteiger partial charge in [0.2, 0.25) is 5.91 Å². The normalized spacial score (nSPS) is 14.7. The van der Waals surface area contributed by atoms with Gasteiger partial charge in [-0.1, -0.05) is 40.2 Å². The number of benzene rings is 1. The third-order valence-electron chi connectivity index (χ3n) is 6.26. The van der Waals surface area contributed by atoms with E-state index >= 15 is 0 Å². The lowest BCUT2D eigenvalue weighted by atomic mass is 9.82. The van der Waals surface area contributed by atoms with Crippen molar-refractivity contribution < 1.29 is 28.9 Å². The van der Waals surface area contributed by atoms with Crippen molar-refractivity contribution in [3.05, 3.63) is 23.8 Å². The summed E-state index contributed by atoms with van der Waals surface area (Å²) < 4.78 is 15.9. The van der Waals surface area contributed by atoms with Crippen LogP contribution in [0.1, 0.15) is 65.9 Å². The Kier molecular flexibility index (Phi) is 14.4. The van der Waals surface area contributed by atoms with Crippen molar-refractivity contribution >= 4 is 11.9 Å². The van der Waals surface area contributed by atoms with Gasteiger partial charge in [-0.15, -0.1) is 0 Å². The van der Waals surface area contributed by atoms with Crippen molar-refractivity contribution in [1.82, 2.24) is 5.32 Å². The number of methoxy groups -OCH3 is 1. The molecule has 0 aliphatic heterocycles. The van der Waals surface area contributed by atoms with Gasteiger partial charge in [0.1, 0.15) is 0 Å². The molecule has 4 N–H and O–H groups in total. The first-order chi connectivity index (χ1) is 16.6. The first-order valence-corrected chi connectivity index (χ1v) is 12.8. The quantitative estimate of drug-likeness (QED) is 0.224. The van der Waals surface area contributed by atoms with Gasteiger partial charge < -0.3 is 30.4 Å². The fourth-order valence-corrected chi connectivity index (χ4v) is 3.91. The summed E-state index contributed by atoms with van der Waals surface area (Å²) in [6, 6.07) is 5.22. The van der Waals surface area contributed by atoms with E-state index < -0.39 is 18.1 Å². The highest BCUT2D eigenvalue weighted by Crippen LogP contribution is 2.31. The van der Waals surface area contributed by atoms with Crippen LogP contribution in [0.15, 0.2) is 18.2 Å². The maximum Gasteiger partial charge on any atom is 0.344 e. The molecule has 4 atom stereocenters. The van der Waals surface area contributed by atoms with E-state index in [0.29, 0.717) is 43.4 Å². The average Bonchev–Trinajstić information content (AvgIpc) is 2.82. The molecule has 0 aliphatic rings. The Morgan fingerprint density at radius 3 is 2.43 bits per heavy atom. The fourth-order valence-electron chi connectivity index (χ4n) is 3.91. The molecule has 0 saturated heterocycles. The zero-order valence-electron chi connectivity index (χ0n) is 22.3. The van der Waals surface area contributed by atoms with E-state index in [1.807, 2.05) is 25.1 Å². The molecule has 0 aromatic heterocycles. The molecule has 1 aromatic carbocycles. The fraction of sp³-hybridized carbons (Fsp3) is 0.704. The summed E-state index contributed by atoms with van der Waals surface area (Å²) in [4.78, 5) is 23.9. The van der Waals surface area contributed by atoms with Gasteiger partial charge in [-0.05, 0) is 62.1 Å². The van der Waals surface area contributed by atoms with Gasteiger partial charge in [0, 0.05) is 18.5 Å². The summed E-state index contributed by atoms with van der Waals surface area (Å²) in [6.07, 6.45) is 2.88. The lowest BCUT2D eigenvalue weighted by Crippen LogP contribution is -2.41. The van der Waals surface area contributed by atoms with E-state index in [0.717, 1.165) is 24.8 Å². The smallest absolute Gasteiger partial charge is 0.344 e. The van der Waals surface area contributed by atoms with Crippen LogP contribution in [-0.4, -0.2) is 56.0 Å². The first kappa shape index (κ1) is 30.7. The summed E-state index contributed by atoms with van der Waals surface area (Å²) in [5.74, 6) is 0.775. The van der Waals surface area contributed by atoms with Crippen molar-refractivity contribution in [3.63, 3.8) is 0 Å². The number of rotatable bonds is 17. The largest absolute Gasteiger partial charge is 0.493 e. The Morgan fingerprint density at radius 1 is 1.11 bits per heavy atom. The number of amides is 1. The molecule has 8 nitrogen and oxygen atoms in total. The predicted octanol–water partition coefficient (Wildman–Crippen LogP) is 3.47. The Morgan fingerprint density at radius 2 is 1.83 bits per heavy atom.